The summed E-state index contributed by atoms with van der Waals surface area (Å²) >= 11 is 6.06. The number of hydrogen-bond donors (Lipinski definition) is 1. The highest BCUT2D eigenvalue weighted by molar-refractivity contribution is 6.31. The van der Waals surface area contributed by atoms with Crippen LogP contribution >= 0.6 is 11.6 Å². The second kappa shape index (κ2) is 5.89. The first kappa shape index (κ1) is 14.9. The zero-order valence-corrected chi connectivity index (χ0v) is 12.1. The predicted molar refractivity (Wildman–Crippen MR) is 74.7 cm³/mol. The fourth-order valence-corrected chi connectivity index (χ4v) is 2.43. The van der Waals surface area contributed by atoms with Gasteiger partial charge in [0.25, 0.3) is 0 Å². The van der Waals surface area contributed by atoms with Crippen LogP contribution < -0.4 is 5.73 Å². The third kappa shape index (κ3) is 2.55. The van der Waals surface area contributed by atoms with Crippen LogP contribution in [0.15, 0.2) is 18.3 Å². The lowest BCUT2D eigenvalue weighted by Gasteiger charge is -2.17. The summed E-state index contributed by atoms with van der Waals surface area (Å²) in [7, 11) is 0. The molecule has 0 radical (unpaired) electrons. The van der Waals surface area contributed by atoms with Crippen molar-refractivity contribution in [2.45, 2.75) is 32.9 Å². The predicted octanol–water partition coefficient (Wildman–Crippen LogP) is 3.58. The van der Waals surface area contributed by atoms with Crippen LogP contribution in [0.5, 0.6) is 0 Å². The fourth-order valence-electron chi connectivity index (χ4n) is 2.17. The molecule has 2 N–H and O–H groups in total. The quantitative estimate of drug-likeness (QED) is 0.938. The molecule has 1 atom stereocenters. The molecule has 108 valence electrons. The molecule has 1 unspecified atom stereocenters. The van der Waals surface area contributed by atoms with E-state index in [0.717, 1.165) is 6.42 Å². The molecule has 0 bridgehead atoms. The van der Waals surface area contributed by atoms with Crippen molar-refractivity contribution in [1.82, 2.24) is 9.78 Å². The van der Waals surface area contributed by atoms with E-state index < -0.39 is 17.7 Å². The Morgan fingerprint density at radius 1 is 1.40 bits per heavy atom. The molecule has 0 aliphatic heterocycles. The molecule has 0 aliphatic carbocycles. The summed E-state index contributed by atoms with van der Waals surface area (Å²) in [5, 5.41) is 4.40. The molecule has 6 heteroatoms. The molecule has 20 heavy (non-hydrogen) atoms. The van der Waals surface area contributed by atoms with Crippen molar-refractivity contribution in [3.63, 3.8) is 0 Å². The van der Waals surface area contributed by atoms with Gasteiger partial charge < -0.3 is 5.73 Å². The number of aromatic nitrogens is 2. The first-order valence-electron chi connectivity index (χ1n) is 6.38. The standard InChI is InChI=1S/C14H16ClF2N3/c1-3-6-20-14(9(15)7-19-20)13(18)11-10(16)5-4-8(2)12(11)17/h4-5,7,13H,3,6,18H2,1-2H3. The average molecular weight is 300 g/mol. The normalized spacial score (nSPS) is 12.7. The highest BCUT2D eigenvalue weighted by Gasteiger charge is 2.25. The number of hydrogen-bond acceptors (Lipinski definition) is 2. The Labute approximate surface area is 121 Å². The molecule has 0 amide bonds. The van der Waals surface area contributed by atoms with Crippen molar-refractivity contribution in [3.05, 3.63) is 51.8 Å². The maximum absolute atomic E-state index is 14.2. The number of benzene rings is 1. The summed E-state index contributed by atoms with van der Waals surface area (Å²) in [6, 6.07) is 1.60. The van der Waals surface area contributed by atoms with E-state index in [-0.39, 0.29) is 5.56 Å². The van der Waals surface area contributed by atoms with Crippen molar-refractivity contribution in [3.8, 4) is 0 Å². The molecule has 0 saturated carbocycles. The van der Waals surface area contributed by atoms with E-state index in [1.165, 1.54) is 18.3 Å². The Morgan fingerprint density at radius 2 is 2.10 bits per heavy atom. The van der Waals surface area contributed by atoms with Crippen LogP contribution in [0.1, 0.15) is 36.2 Å². The summed E-state index contributed by atoms with van der Waals surface area (Å²) in [4.78, 5) is 0. The van der Waals surface area contributed by atoms with Gasteiger partial charge in [-0.1, -0.05) is 24.6 Å². The highest BCUT2D eigenvalue weighted by Crippen LogP contribution is 2.30. The van der Waals surface area contributed by atoms with Crippen LogP contribution in [-0.2, 0) is 6.54 Å². The highest BCUT2D eigenvalue weighted by atomic mass is 35.5. The summed E-state index contributed by atoms with van der Waals surface area (Å²) in [5.74, 6) is -1.32. The van der Waals surface area contributed by atoms with E-state index in [2.05, 4.69) is 5.10 Å². The maximum atomic E-state index is 14.2. The monoisotopic (exact) mass is 299 g/mol. The summed E-state index contributed by atoms with van der Waals surface area (Å²) in [6.45, 7) is 4.12. The minimum absolute atomic E-state index is 0.176. The Morgan fingerprint density at radius 3 is 2.75 bits per heavy atom. The minimum atomic E-state index is -0.989. The largest absolute Gasteiger partial charge is 0.319 e. The zero-order chi connectivity index (χ0) is 14.9. The number of nitrogens with zero attached hydrogens (tertiary/aromatic N) is 2. The SMILES string of the molecule is CCCn1ncc(Cl)c1C(N)c1c(F)ccc(C)c1F. The van der Waals surface area contributed by atoms with Crippen molar-refractivity contribution < 1.29 is 8.78 Å². The van der Waals surface area contributed by atoms with Crippen LogP contribution in [0.4, 0.5) is 8.78 Å². The van der Waals surface area contributed by atoms with Gasteiger partial charge >= 0.3 is 0 Å². The van der Waals surface area contributed by atoms with Gasteiger partial charge in [0.1, 0.15) is 11.6 Å². The topological polar surface area (TPSA) is 43.8 Å². The molecule has 0 spiro atoms. The lowest BCUT2D eigenvalue weighted by atomic mass is 10.0. The maximum Gasteiger partial charge on any atom is 0.134 e. The molecule has 2 aromatic rings. The van der Waals surface area contributed by atoms with Crippen LogP contribution in [0.2, 0.25) is 5.02 Å². The van der Waals surface area contributed by atoms with Gasteiger partial charge in [-0.25, -0.2) is 8.78 Å². The average Bonchev–Trinajstić information content (AvgIpc) is 2.76. The third-order valence-electron chi connectivity index (χ3n) is 3.19. The number of rotatable bonds is 4. The Kier molecular flexibility index (Phi) is 4.40. The number of halogens is 3. The molecule has 2 rings (SSSR count). The van der Waals surface area contributed by atoms with Gasteiger partial charge in [-0.15, -0.1) is 0 Å². The Hall–Kier alpha value is -1.46. The van der Waals surface area contributed by atoms with Gasteiger partial charge in [0, 0.05) is 12.1 Å². The van der Waals surface area contributed by atoms with Gasteiger partial charge in [0.15, 0.2) is 0 Å². The van der Waals surface area contributed by atoms with E-state index in [1.807, 2.05) is 6.92 Å². The van der Waals surface area contributed by atoms with E-state index in [9.17, 15) is 8.78 Å². The van der Waals surface area contributed by atoms with Crippen LogP contribution in [0.3, 0.4) is 0 Å². The Balaban J connectivity index is 2.54. The van der Waals surface area contributed by atoms with E-state index in [1.54, 1.807) is 11.6 Å². The molecule has 0 saturated heterocycles. The number of aryl methyl sites for hydroxylation is 2. The van der Waals surface area contributed by atoms with Gasteiger partial charge in [0.2, 0.25) is 0 Å². The van der Waals surface area contributed by atoms with Gasteiger partial charge in [-0.05, 0) is 25.0 Å². The third-order valence-corrected chi connectivity index (χ3v) is 3.49. The van der Waals surface area contributed by atoms with Crippen molar-refractivity contribution >= 4 is 11.6 Å². The number of nitrogens with two attached hydrogens (primary N) is 1. The molecular weight excluding hydrogens is 284 g/mol. The molecule has 1 heterocycles. The van der Waals surface area contributed by atoms with Crippen LogP contribution in [-0.4, -0.2) is 9.78 Å². The van der Waals surface area contributed by atoms with Gasteiger partial charge in [0.05, 0.1) is 23.0 Å². The smallest absolute Gasteiger partial charge is 0.134 e. The zero-order valence-electron chi connectivity index (χ0n) is 11.3. The first-order chi connectivity index (χ1) is 9.47. The van der Waals surface area contributed by atoms with E-state index in [4.69, 9.17) is 17.3 Å². The van der Waals surface area contributed by atoms with Crippen LogP contribution in [0.25, 0.3) is 0 Å². The Bertz CT molecular complexity index is 625. The van der Waals surface area contributed by atoms with E-state index in [0.29, 0.717) is 22.8 Å². The second-order valence-corrected chi connectivity index (χ2v) is 5.08. The second-order valence-electron chi connectivity index (χ2n) is 4.67. The molecule has 0 aliphatic rings. The lowest BCUT2D eigenvalue weighted by molar-refractivity contribution is 0.513. The van der Waals surface area contributed by atoms with Crippen molar-refractivity contribution in [2.75, 3.05) is 0 Å². The van der Waals surface area contributed by atoms with Gasteiger partial charge in [-0.2, -0.15) is 5.10 Å². The van der Waals surface area contributed by atoms with Crippen molar-refractivity contribution in [1.29, 1.82) is 0 Å². The van der Waals surface area contributed by atoms with Crippen LogP contribution in [0, 0.1) is 18.6 Å². The molecule has 1 aromatic carbocycles. The minimum Gasteiger partial charge on any atom is -0.319 e. The lowest BCUT2D eigenvalue weighted by Crippen LogP contribution is -2.21. The van der Waals surface area contributed by atoms with E-state index >= 15 is 0 Å². The molecule has 1 aromatic heterocycles. The molecular formula is C14H16ClF2N3. The van der Waals surface area contributed by atoms with Crippen molar-refractivity contribution in [2.24, 2.45) is 5.73 Å². The summed E-state index contributed by atoms with van der Waals surface area (Å²) in [6.07, 6.45) is 2.26. The molecule has 3 nitrogen and oxygen atoms in total. The fraction of sp³-hybridized carbons (Fsp3) is 0.357. The summed E-state index contributed by atoms with van der Waals surface area (Å²) < 4.78 is 29.7. The molecule has 0 fully saturated rings. The first-order valence-corrected chi connectivity index (χ1v) is 6.76. The summed E-state index contributed by atoms with van der Waals surface area (Å²) in [5.41, 5.74) is 6.63. The van der Waals surface area contributed by atoms with Gasteiger partial charge in [-0.3, -0.25) is 4.68 Å².